The highest BCUT2D eigenvalue weighted by molar-refractivity contribution is 5.67. The minimum absolute atomic E-state index is 0.0736. The molecule has 0 aromatic heterocycles. The molecule has 0 radical (unpaired) electrons. The Labute approximate surface area is 117 Å². The van der Waals surface area contributed by atoms with Crippen molar-refractivity contribution >= 4 is 17.9 Å². The number of ether oxygens (including phenoxy) is 4. The van der Waals surface area contributed by atoms with Gasteiger partial charge in [-0.25, -0.2) is 0 Å². The van der Waals surface area contributed by atoms with Crippen LogP contribution in [0, 0.1) is 0 Å². The van der Waals surface area contributed by atoms with E-state index < -0.39 is 42.3 Å². The van der Waals surface area contributed by atoms with Crippen LogP contribution >= 0.6 is 0 Å². The number of hydrogen-bond acceptors (Lipinski definition) is 7. The van der Waals surface area contributed by atoms with Crippen LogP contribution in [-0.4, -0.2) is 48.9 Å². The van der Waals surface area contributed by atoms with Crippen molar-refractivity contribution in [2.75, 3.05) is 6.61 Å². The first kappa shape index (κ1) is 16.4. The molecule has 0 amide bonds. The molecule has 0 saturated carbocycles. The molecule has 114 valence electrons. The van der Waals surface area contributed by atoms with E-state index >= 15 is 0 Å². The predicted octanol–water partition coefficient (Wildman–Crippen LogP) is 0.590. The second-order valence-corrected chi connectivity index (χ2v) is 4.72. The van der Waals surface area contributed by atoms with Crippen molar-refractivity contribution in [2.45, 2.75) is 58.5 Å². The van der Waals surface area contributed by atoms with Crippen LogP contribution in [0.2, 0.25) is 0 Å². The first-order chi connectivity index (χ1) is 9.29. The average Bonchev–Trinajstić information content (AvgIpc) is 2.29. The second kappa shape index (κ2) is 7.23. The van der Waals surface area contributed by atoms with Gasteiger partial charge in [0.2, 0.25) is 0 Å². The van der Waals surface area contributed by atoms with Gasteiger partial charge < -0.3 is 18.9 Å². The Hall–Kier alpha value is -1.63. The lowest BCUT2D eigenvalue weighted by Crippen LogP contribution is -2.51. The van der Waals surface area contributed by atoms with Gasteiger partial charge >= 0.3 is 17.9 Å². The molecular weight excluding hydrogens is 268 g/mol. The highest BCUT2D eigenvalue weighted by Gasteiger charge is 2.41. The Balaban J connectivity index is 2.71. The maximum absolute atomic E-state index is 11.1. The van der Waals surface area contributed by atoms with Crippen molar-refractivity contribution in [1.29, 1.82) is 0 Å². The number of carbonyl (C=O) groups is 3. The van der Waals surface area contributed by atoms with E-state index in [0.29, 0.717) is 6.42 Å². The topological polar surface area (TPSA) is 88.1 Å². The molecule has 1 aliphatic rings. The highest BCUT2D eigenvalue weighted by Crippen LogP contribution is 2.25. The quantitative estimate of drug-likeness (QED) is 0.552. The number of esters is 3. The molecule has 1 heterocycles. The van der Waals surface area contributed by atoms with Gasteiger partial charge in [-0.15, -0.1) is 0 Å². The second-order valence-electron chi connectivity index (χ2n) is 4.72. The van der Waals surface area contributed by atoms with Crippen molar-refractivity contribution in [3.63, 3.8) is 0 Å². The van der Waals surface area contributed by atoms with Gasteiger partial charge in [-0.2, -0.15) is 0 Å². The summed E-state index contributed by atoms with van der Waals surface area (Å²) in [6.07, 6.45) is -1.83. The molecule has 1 fully saturated rings. The minimum Gasteiger partial charge on any atom is -0.463 e. The van der Waals surface area contributed by atoms with Crippen LogP contribution in [-0.2, 0) is 33.3 Å². The van der Waals surface area contributed by atoms with Crippen molar-refractivity contribution in [2.24, 2.45) is 0 Å². The molecule has 0 N–H and O–H groups in total. The summed E-state index contributed by atoms with van der Waals surface area (Å²) < 4.78 is 20.8. The summed E-state index contributed by atoms with van der Waals surface area (Å²) in [5, 5.41) is 0. The molecule has 0 aromatic rings. The van der Waals surface area contributed by atoms with E-state index in [4.69, 9.17) is 18.9 Å². The zero-order valence-corrected chi connectivity index (χ0v) is 12.1. The summed E-state index contributed by atoms with van der Waals surface area (Å²) in [6, 6.07) is 0. The van der Waals surface area contributed by atoms with E-state index in [0.717, 1.165) is 0 Å². The molecule has 1 rings (SSSR count). The van der Waals surface area contributed by atoms with E-state index in [9.17, 15) is 14.4 Å². The van der Waals surface area contributed by atoms with Crippen molar-refractivity contribution in [3.8, 4) is 0 Å². The lowest BCUT2D eigenvalue weighted by Gasteiger charge is -2.38. The predicted molar refractivity (Wildman–Crippen MR) is 66.7 cm³/mol. The third-order valence-corrected chi connectivity index (χ3v) is 2.82. The molecule has 0 aromatic carbocycles. The third kappa shape index (κ3) is 5.16. The number of carbonyl (C=O) groups excluding carboxylic acids is 3. The van der Waals surface area contributed by atoms with Gasteiger partial charge in [-0.05, 0) is 6.92 Å². The zero-order valence-electron chi connectivity index (χ0n) is 12.1. The third-order valence-electron chi connectivity index (χ3n) is 2.82. The fraction of sp³-hybridized carbons (Fsp3) is 0.769. The van der Waals surface area contributed by atoms with E-state index in [1.54, 1.807) is 6.92 Å². The molecule has 0 spiro atoms. The first-order valence-corrected chi connectivity index (χ1v) is 6.42. The van der Waals surface area contributed by atoms with E-state index in [2.05, 4.69) is 0 Å². The Kier molecular flexibility index (Phi) is 5.94. The molecule has 0 aliphatic carbocycles. The lowest BCUT2D eigenvalue weighted by atomic mass is 9.98. The van der Waals surface area contributed by atoms with Crippen LogP contribution in [0.1, 0.15) is 34.1 Å². The fourth-order valence-electron chi connectivity index (χ4n) is 2.14. The normalized spacial score (nSPS) is 29.4. The summed E-state index contributed by atoms with van der Waals surface area (Å²) in [5.74, 6) is -1.35. The Bertz CT molecular complexity index is 379. The smallest absolute Gasteiger partial charge is 0.303 e. The van der Waals surface area contributed by atoms with E-state index in [-0.39, 0.29) is 6.61 Å². The molecule has 4 atom stereocenters. The summed E-state index contributed by atoms with van der Waals surface area (Å²) in [5.41, 5.74) is 0. The van der Waals surface area contributed by atoms with Crippen LogP contribution in [0.15, 0.2) is 0 Å². The monoisotopic (exact) mass is 288 g/mol. The largest absolute Gasteiger partial charge is 0.463 e. The minimum atomic E-state index is -0.662. The maximum Gasteiger partial charge on any atom is 0.303 e. The zero-order chi connectivity index (χ0) is 15.3. The maximum atomic E-state index is 11.1. The number of rotatable bonds is 4. The molecule has 0 bridgehead atoms. The standard InChI is InChI=1S/C13H20O7/c1-7-13(20-10(4)16)12(19-9(3)15)5-11(18-7)6-17-8(2)14/h7,11-13H,5-6H2,1-4H3/t7-,11+,12+,13-/m1/s1. The fourth-order valence-corrected chi connectivity index (χ4v) is 2.14. The van der Waals surface area contributed by atoms with Gasteiger partial charge in [-0.3, -0.25) is 14.4 Å². The number of hydrogen-bond donors (Lipinski definition) is 0. The summed E-state index contributed by atoms with van der Waals surface area (Å²) in [6.45, 7) is 5.65. The van der Waals surface area contributed by atoms with Gasteiger partial charge in [0.05, 0.1) is 12.2 Å². The van der Waals surface area contributed by atoms with Crippen LogP contribution in [0.5, 0.6) is 0 Å². The molecule has 0 unspecified atom stereocenters. The Morgan fingerprint density at radius 3 is 2.15 bits per heavy atom. The molecule has 7 heteroatoms. The molecule has 7 nitrogen and oxygen atoms in total. The van der Waals surface area contributed by atoms with E-state index in [1.807, 2.05) is 0 Å². The first-order valence-electron chi connectivity index (χ1n) is 6.42. The van der Waals surface area contributed by atoms with Crippen LogP contribution < -0.4 is 0 Å². The van der Waals surface area contributed by atoms with E-state index in [1.165, 1.54) is 20.8 Å². The Morgan fingerprint density at radius 2 is 1.65 bits per heavy atom. The molecule has 1 saturated heterocycles. The SMILES string of the molecule is CC(=O)OC[C@@H]1C[C@H](OC(C)=O)[C@H](OC(C)=O)[C@@H](C)O1. The van der Waals surface area contributed by atoms with Crippen LogP contribution in [0.25, 0.3) is 0 Å². The summed E-state index contributed by atoms with van der Waals surface area (Å²) in [7, 11) is 0. The molecular formula is C13H20O7. The van der Waals surface area contributed by atoms with Gasteiger partial charge in [0.1, 0.15) is 12.7 Å². The van der Waals surface area contributed by atoms with Gasteiger partial charge in [0, 0.05) is 27.2 Å². The summed E-state index contributed by atoms with van der Waals surface area (Å²) in [4.78, 5) is 33.0. The van der Waals surface area contributed by atoms with Crippen LogP contribution in [0.3, 0.4) is 0 Å². The Morgan fingerprint density at radius 1 is 1.05 bits per heavy atom. The van der Waals surface area contributed by atoms with Crippen LogP contribution in [0.4, 0.5) is 0 Å². The lowest BCUT2D eigenvalue weighted by molar-refractivity contribution is -0.209. The van der Waals surface area contributed by atoms with Gasteiger partial charge in [0.15, 0.2) is 6.10 Å². The summed E-state index contributed by atoms with van der Waals surface area (Å²) >= 11 is 0. The van der Waals surface area contributed by atoms with Gasteiger partial charge in [-0.1, -0.05) is 0 Å². The highest BCUT2D eigenvalue weighted by atomic mass is 16.6. The molecule has 20 heavy (non-hydrogen) atoms. The average molecular weight is 288 g/mol. The van der Waals surface area contributed by atoms with Crippen molar-refractivity contribution < 1.29 is 33.3 Å². The van der Waals surface area contributed by atoms with Crippen molar-refractivity contribution in [1.82, 2.24) is 0 Å². The molecule has 1 aliphatic heterocycles. The van der Waals surface area contributed by atoms with Crippen molar-refractivity contribution in [3.05, 3.63) is 0 Å². The van der Waals surface area contributed by atoms with Gasteiger partial charge in [0.25, 0.3) is 0 Å².